The first-order chi connectivity index (χ1) is 4.35. The minimum atomic E-state index is 0.897. The molecule has 0 rings (SSSR count). The van der Waals surface area contributed by atoms with Crippen molar-refractivity contribution in [3.05, 3.63) is 25.1 Å². The molecule has 0 radical (unpaired) electrons. The van der Waals surface area contributed by atoms with Crippen LogP contribution >= 0.6 is 0 Å². The van der Waals surface area contributed by atoms with Crippen LogP contribution in [0.5, 0.6) is 0 Å². The molecule has 0 atom stereocenters. The molecule has 0 aromatic carbocycles. The van der Waals surface area contributed by atoms with Gasteiger partial charge in [-0.25, -0.2) is 0 Å². The fourth-order valence-corrected chi connectivity index (χ4v) is 0.427. The topological polar surface area (TPSA) is 38.4 Å². The molecule has 0 aromatic heterocycles. The Labute approximate surface area is 55.8 Å². The second-order valence-electron chi connectivity index (χ2n) is 1.52. The zero-order chi connectivity index (χ0) is 7.11. The van der Waals surface area contributed by atoms with Gasteiger partial charge < -0.3 is 5.73 Å². The van der Waals surface area contributed by atoms with E-state index >= 15 is 0 Å². The molecule has 0 saturated heterocycles. The molecule has 9 heavy (non-hydrogen) atoms. The fourth-order valence-electron chi connectivity index (χ4n) is 0.427. The number of nitrogens with zero attached hydrogens (tertiary/aromatic N) is 1. The highest BCUT2D eigenvalue weighted by atomic mass is 14.7. The Hall–Kier alpha value is -1.05. The van der Waals surface area contributed by atoms with Crippen LogP contribution in [0.1, 0.15) is 13.3 Å². The number of nitrogens with two attached hydrogens (primary N) is 1. The Bertz CT molecular complexity index is 134. The van der Waals surface area contributed by atoms with E-state index in [2.05, 4.69) is 11.6 Å². The Morgan fingerprint density at radius 1 is 1.78 bits per heavy atom. The number of hydrogen-bond acceptors (Lipinski definition) is 2. The van der Waals surface area contributed by atoms with Crippen LogP contribution in [0.4, 0.5) is 0 Å². The third kappa shape index (κ3) is 3.53. The maximum Gasteiger partial charge on any atom is 0.0425 e. The summed E-state index contributed by atoms with van der Waals surface area (Å²) in [5, 5.41) is 0. The lowest BCUT2D eigenvalue weighted by atomic mass is 10.3. The molecule has 0 fully saturated rings. The fraction of sp³-hybridized carbons (Fsp3) is 0.286. The maximum atomic E-state index is 5.06. The second-order valence-corrected chi connectivity index (χ2v) is 1.52. The lowest BCUT2D eigenvalue weighted by molar-refractivity contribution is 1.28. The second kappa shape index (κ2) is 5.09. The maximum absolute atomic E-state index is 5.06. The van der Waals surface area contributed by atoms with Gasteiger partial charge in [-0.2, -0.15) is 0 Å². The van der Waals surface area contributed by atoms with Gasteiger partial charge in [0.25, 0.3) is 0 Å². The Balaban J connectivity index is 3.90. The van der Waals surface area contributed by atoms with Gasteiger partial charge in [0.15, 0.2) is 0 Å². The third-order valence-electron chi connectivity index (χ3n) is 0.924. The molecule has 0 aliphatic rings. The van der Waals surface area contributed by atoms with Crippen molar-refractivity contribution in [2.24, 2.45) is 10.7 Å². The van der Waals surface area contributed by atoms with E-state index in [1.165, 1.54) is 6.20 Å². The molecule has 0 aromatic rings. The SMILES string of the molecule is C=C/C(CC)=N\C=C/N. The van der Waals surface area contributed by atoms with Gasteiger partial charge in [0, 0.05) is 18.1 Å². The van der Waals surface area contributed by atoms with Gasteiger partial charge in [0.1, 0.15) is 0 Å². The largest absolute Gasteiger partial charge is 0.403 e. The molecule has 0 spiro atoms. The van der Waals surface area contributed by atoms with Crippen LogP contribution in [-0.4, -0.2) is 5.71 Å². The monoisotopic (exact) mass is 124 g/mol. The van der Waals surface area contributed by atoms with Crippen LogP contribution in [0, 0.1) is 0 Å². The van der Waals surface area contributed by atoms with E-state index in [0.29, 0.717) is 0 Å². The summed E-state index contributed by atoms with van der Waals surface area (Å²) in [5.74, 6) is 0. The molecule has 0 amide bonds. The zero-order valence-electron chi connectivity index (χ0n) is 5.67. The molecule has 0 saturated carbocycles. The van der Waals surface area contributed by atoms with Crippen molar-refractivity contribution in [3.8, 4) is 0 Å². The van der Waals surface area contributed by atoms with E-state index in [9.17, 15) is 0 Å². The minimum Gasteiger partial charge on any atom is -0.403 e. The van der Waals surface area contributed by atoms with Gasteiger partial charge in [-0.05, 0) is 12.5 Å². The molecular formula is C7H12N2. The first kappa shape index (κ1) is 7.95. The molecule has 0 heterocycles. The summed E-state index contributed by atoms with van der Waals surface area (Å²) in [7, 11) is 0. The zero-order valence-corrected chi connectivity index (χ0v) is 5.67. The Morgan fingerprint density at radius 3 is 2.78 bits per heavy atom. The third-order valence-corrected chi connectivity index (χ3v) is 0.924. The van der Waals surface area contributed by atoms with E-state index in [1.807, 2.05) is 6.92 Å². The van der Waals surface area contributed by atoms with Gasteiger partial charge in [-0.3, -0.25) is 4.99 Å². The van der Waals surface area contributed by atoms with E-state index < -0.39 is 0 Å². The van der Waals surface area contributed by atoms with E-state index in [4.69, 9.17) is 5.73 Å². The quantitative estimate of drug-likeness (QED) is 0.568. The summed E-state index contributed by atoms with van der Waals surface area (Å²) in [6.07, 6.45) is 5.58. The van der Waals surface area contributed by atoms with Crippen LogP contribution < -0.4 is 5.73 Å². The number of hydrogen-bond donors (Lipinski definition) is 1. The lowest BCUT2D eigenvalue weighted by Crippen LogP contribution is -1.87. The molecular weight excluding hydrogens is 112 g/mol. The van der Waals surface area contributed by atoms with E-state index in [-0.39, 0.29) is 0 Å². The molecule has 0 bridgehead atoms. The summed E-state index contributed by atoms with van der Waals surface area (Å²) >= 11 is 0. The average molecular weight is 124 g/mol. The highest BCUT2D eigenvalue weighted by Crippen LogP contribution is 1.86. The Morgan fingerprint density at radius 2 is 2.44 bits per heavy atom. The highest BCUT2D eigenvalue weighted by Gasteiger charge is 1.81. The van der Waals surface area contributed by atoms with E-state index in [1.54, 1.807) is 12.3 Å². The summed E-state index contributed by atoms with van der Waals surface area (Å²) < 4.78 is 0. The molecule has 50 valence electrons. The Kier molecular flexibility index (Phi) is 4.50. The van der Waals surface area contributed by atoms with Gasteiger partial charge in [0.2, 0.25) is 0 Å². The standard InChI is InChI=1S/C7H12N2/c1-3-7(4-2)9-6-5-8/h3,5-6H,1,4,8H2,2H3/b6-5-,9-7+. The van der Waals surface area contributed by atoms with Crippen LogP contribution in [0.25, 0.3) is 0 Å². The summed E-state index contributed by atoms with van der Waals surface area (Å²) in [6, 6.07) is 0. The van der Waals surface area contributed by atoms with Crippen LogP contribution in [-0.2, 0) is 0 Å². The van der Waals surface area contributed by atoms with Crippen molar-refractivity contribution in [1.29, 1.82) is 0 Å². The first-order valence-electron chi connectivity index (χ1n) is 2.91. The highest BCUT2D eigenvalue weighted by molar-refractivity contribution is 5.94. The van der Waals surface area contributed by atoms with E-state index in [0.717, 1.165) is 12.1 Å². The van der Waals surface area contributed by atoms with Gasteiger partial charge in [-0.15, -0.1) is 0 Å². The molecule has 0 aliphatic heterocycles. The summed E-state index contributed by atoms with van der Waals surface area (Å²) in [5.41, 5.74) is 6.02. The number of allylic oxidation sites excluding steroid dienone is 1. The smallest absolute Gasteiger partial charge is 0.0425 e. The van der Waals surface area contributed by atoms with Gasteiger partial charge in [0.05, 0.1) is 0 Å². The molecule has 2 nitrogen and oxygen atoms in total. The lowest BCUT2D eigenvalue weighted by Gasteiger charge is -1.88. The van der Waals surface area contributed by atoms with Gasteiger partial charge in [-0.1, -0.05) is 13.5 Å². The summed E-state index contributed by atoms with van der Waals surface area (Å²) in [4.78, 5) is 3.97. The molecule has 0 aliphatic carbocycles. The predicted molar refractivity (Wildman–Crippen MR) is 41.3 cm³/mol. The van der Waals surface area contributed by atoms with Crippen molar-refractivity contribution in [1.82, 2.24) is 0 Å². The van der Waals surface area contributed by atoms with Crippen molar-refractivity contribution < 1.29 is 0 Å². The van der Waals surface area contributed by atoms with Crippen molar-refractivity contribution >= 4 is 5.71 Å². The molecule has 2 heteroatoms. The number of aliphatic imine (C=N–C) groups is 1. The van der Waals surface area contributed by atoms with Crippen LogP contribution in [0.3, 0.4) is 0 Å². The first-order valence-corrected chi connectivity index (χ1v) is 2.91. The van der Waals surface area contributed by atoms with Crippen molar-refractivity contribution in [3.63, 3.8) is 0 Å². The number of rotatable bonds is 3. The van der Waals surface area contributed by atoms with Crippen molar-refractivity contribution in [2.75, 3.05) is 0 Å². The molecule has 2 N–H and O–H groups in total. The summed E-state index contributed by atoms with van der Waals surface area (Å²) in [6.45, 7) is 5.60. The minimum absolute atomic E-state index is 0.897. The normalized spacial score (nSPS) is 12.3. The van der Waals surface area contributed by atoms with Crippen LogP contribution in [0.15, 0.2) is 30.0 Å². The average Bonchev–Trinajstić information content (AvgIpc) is 1.91. The van der Waals surface area contributed by atoms with Gasteiger partial charge >= 0.3 is 0 Å². The predicted octanol–water partition coefficient (Wildman–Crippen LogP) is 1.45. The van der Waals surface area contributed by atoms with Crippen molar-refractivity contribution in [2.45, 2.75) is 13.3 Å². The van der Waals surface area contributed by atoms with Crippen LogP contribution in [0.2, 0.25) is 0 Å². The molecule has 0 unspecified atom stereocenters.